The van der Waals surface area contributed by atoms with Gasteiger partial charge < -0.3 is 15.3 Å². The third-order valence-corrected chi connectivity index (χ3v) is 4.50. The first kappa shape index (κ1) is 16.8. The van der Waals surface area contributed by atoms with Crippen molar-refractivity contribution in [3.8, 4) is 0 Å². The number of carboxylic acid groups (broad SMARTS) is 1. The molecule has 1 amide bonds. The zero-order valence-electron chi connectivity index (χ0n) is 14.0. The van der Waals surface area contributed by atoms with Crippen molar-refractivity contribution in [3.05, 3.63) is 29.4 Å². The predicted octanol–water partition coefficient (Wildman–Crippen LogP) is 4.00. The normalized spacial score (nSPS) is 20.5. The van der Waals surface area contributed by atoms with E-state index in [1.807, 2.05) is 26.8 Å². The molecule has 128 valence electrons. The van der Waals surface area contributed by atoms with Crippen molar-refractivity contribution >= 4 is 34.5 Å². The summed E-state index contributed by atoms with van der Waals surface area (Å²) in [7, 11) is 0. The topological polar surface area (TPSA) is 78.4 Å². The third-order valence-electron chi connectivity index (χ3n) is 4.26. The van der Waals surface area contributed by atoms with Crippen molar-refractivity contribution in [3.63, 3.8) is 0 Å². The second kappa shape index (κ2) is 6.09. The second-order valence-corrected chi connectivity index (χ2v) is 7.61. The van der Waals surface area contributed by atoms with Gasteiger partial charge in [0.05, 0.1) is 17.2 Å². The molecule has 2 aromatic rings. The fraction of sp³-hybridized carbons (Fsp3) is 0.471. The molecule has 0 aliphatic heterocycles. The molecule has 0 bridgehead atoms. The molecular formula is C17H21ClN4O2. The molecule has 0 unspecified atom stereocenters. The van der Waals surface area contributed by atoms with E-state index < -0.39 is 11.6 Å². The van der Waals surface area contributed by atoms with E-state index in [0.29, 0.717) is 10.8 Å². The zero-order valence-corrected chi connectivity index (χ0v) is 14.7. The average Bonchev–Trinajstić information content (AvgIpc) is 2.42. The number of halogens is 1. The maximum atomic E-state index is 11.5. The third kappa shape index (κ3) is 3.38. The highest BCUT2D eigenvalue weighted by Gasteiger charge is 2.41. The maximum absolute atomic E-state index is 11.5. The Balaban J connectivity index is 1.66. The van der Waals surface area contributed by atoms with Crippen molar-refractivity contribution in [2.24, 2.45) is 0 Å². The lowest BCUT2D eigenvalue weighted by molar-refractivity contribution is 0.0379. The maximum Gasteiger partial charge on any atom is 0.407 e. The summed E-state index contributed by atoms with van der Waals surface area (Å²) in [6.45, 7) is 5.75. The molecule has 1 aromatic carbocycles. The first-order valence-corrected chi connectivity index (χ1v) is 8.33. The molecule has 1 heterocycles. The first-order chi connectivity index (χ1) is 11.2. The van der Waals surface area contributed by atoms with E-state index in [2.05, 4.69) is 15.3 Å². The minimum atomic E-state index is -0.869. The highest BCUT2D eigenvalue weighted by atomic mass is 35.5. The summed E-state index contributed by atoms with van der Waals surface area (Å²) in [5, 5.41) is 13.4. The van der Waals surface area contributed by atoms with Crippen LogP contribution in [0.15, 0.2) is 24.4 Å². The molecule has 1 aliphatic carbocycles. The van der Waals surface area contributed by atoms with Crippen LogP contribution in [-0.2, 0) is 0 Å². The summed E-state index contributed by atoms with van der Waals surface area (Å²) >= 11 is 5.99. The molecule has 0 spiro atoms. The van der Waals surface area contributed by atoms with Crippen LogP contribution in [0, 0.1) is 0 Å². The monoisotopic (exact) mass is 348 g/mol. The second-order valence-electron chi connectivity index (χ2n) is 7.18. The molecular weight excluding hydrogens is 328 g/mol. The lowest BCUT2D eigenvalue weighted by Gasteiger charge is -2.47. The van der Waals surface area contributed by atoms with E-state index in [1.54, 1.807) is 18.3 Å². The standard InChI is InChI=1S/C17H21ClN4O2/c1-17(2,3)22(16(23)24)12-7-11(8-12)20-15-9-19-13-5-4-10(18)6-14(13)21-15/h4-6,9,11-12H,7-8H2,1-3H3,(H,20,21)(H,23,24)/t11-,12-. The summed E-state index contributed by atoms with van der Waals surface area (Å²) in [6, 6.07) is 5.63. The van der Waals surface area contributed by atoms with Gasteiger partial charge in [-0.3, -0.25) is 4.98 Å². The number of fused-ring (bicyclic) bond motifs is 1. The summed E-state index contributed by atoms with van der Waals surface area (Å²) < 4.78 is 0. The summed E-state index contributed by atoms with van der Waals surface area (Å²) in [6.07, 6.45) is 2.35. The Morgan fingerprint density at radius 2 is 2.04 bits per heavy atom. The van der Waals surface area contributed by atoms with Crippen LogP contribution in [0.4, 0.5) is 10.6 Å². The molecule has 2 N–H and O–H groups in total. The minimum absolute atomic E-state index is 0.0304. The fourth-order valence-corrected chi connectivity index (χ4v) is 3.34. The lowest BCUT2D eigenvalue weighted by Crippen LogP contribution is -2.58. The molecule has 7 heteroatoms. The number of aromatic nitrogens is 2. The zero-order chi connectivity index (χ0) is 17.5. The highest BCUT2D eigenvalue weighted by Crippen LogP contribution is 2.33. The van der Waals surface area contributed by atoms with Crippen LogP contribution in [0.2, 0.25) is 5.02 Å². The Morgan fingerprint density at radius 1 is 1.33 bits per heavy atom. The first-order valence-electron chi connectivity index (χ1n) is 7.95. The molecule has 3 rings (SSSR count). The van der Waals surface area contributed by atoms with Crippen LogP contribution in [0.1, 0.15) is 33.6 Å². The molecule has 1 aliphatic rings. The van der Waals surface area contributed by atoms with Crippen LogP contribution in [0.5, 0.6) is 0 Å². The van der Waals surface area contributed by atoms with Crippen molar-refractivity contribution in [2.75, 3.05) is 5.32 Å². The Labute approximate surface area is 145 Å². The van der Waals surface area contributed by atoms with Gasteiger partial charge >= 0.3 is 6.09 Å². The quantitative estimate of drug-likeness (QED) is 0.876. The number of hydrogen-bond acceptors (Lipinski definition) is 4. The molecule has 1 aromatic heterocycles. The van der Waals surface area contributed by atoms with E-state index in [-0.39, 0.29) is 12.1 Å². The van der Waals surface area contributed by atoms with E-state index in [9.17, 15) is 9.90 Å². The minimum Gasteiger partial charge on any atom is -0.465 e. The van der Waals surface area contributed by atoms with Gasteiger partial charge in [0.1, 0.15) is 5.82 Å². The van der Waals surface area contributed by atoms with Gasteiger partial charge in [-0.25, -0.2) is 9.78 Å². The molecule has 0 radical (unpaired) electrons. The van der Waals surface area contributed by atoms with E-state index in [1.165, 1.54) is 4.90 Å². The lowest BCUT2D eigenvalue weighted by atomic mass is 9.83. The molecule has 24 heavy (non-hydrogen) atoms. The Bertz CT molecular complexity index is 769. The Morgan fingerprint density at radius 3 is 2.67 bits per heavy atom. The van der Waals surface area contributed by atoms with E-state index in [4.69, 9.17) is 11.6 Å². The number of rotatable bonds is 3. The molecule has 1 saturated carbocycles. The van der Waals surface area contributed by atoms with Crippen molar-refractivity contribution in [1.82, 2.24) is 14.9 Å². The average molecular weight is 349 g/mol. The largest absolute Gasteiger partial charge is 0.465 e. The Hall–Kier alpha value is -2.08. The van der Waals surface area contributed by atoms with E-state index in [0.717, 1.165) is 23.9 Å². The molecule has 0 saturated heterocycles. The van der Waals surface area contributed by atoms with Crippen molar-refractivity contribution in [1.29, 1.82) is 0 Å². The van der Waals surface area contributed by atoms with Crippen LogP contribution in [0.25, 0.3) is 11.0 Å². The van der Waals surface area contributed by atoms with Gasteiger partial charge in [-0.2, -0.15) is 0 Å². The Kier molecular flexibility index (Phi) is 4.25. The van der Waals surface area contributed by atoms with Crippen LogP contribution in [-0.4, -0.2) is 43.7 Å². The van der Waals surface area contributed by atoms with Crippen molar-refractivity contribution in [2.45, 2.75) is 51.2 Å². The van der Waals surface area contributed by atoms with Gasteiger partial charge in [0, 0.05) is 22.6 Å². The summed E-state index contributed by atoms with van der Waals surface area (Å²) in [5.41, 5.74) is 1.13. The number of nitrogens with zero attached hydrogens (tertiary/aromatic N) is 3. The number of benzene rings is 1. The molecule has 6 nitrogen and oxygen atoms in total. The van der Waals surface area contributed by atoms with Crippen LogP contribution >= 0.6 is 11.6 Å². The SMILES string of the molecule is CC(C)(C)N(C(=O)O)[C@H]1C[C@H](Nc2cnc3ccc(Cl)cc3n2)C1. The van der Waals surface area contributed by atoms with E-state index >= 15 is 0 Å². The number of nitrogens with one attached hydrogen (secondary N) is 1. The smallest absolute Gasteiger partial charge is 0.407 e. The molecule has 0 atom stereocenters. The van der Waals surface area contributed by atoms with Gasteiger partial charge in [-0.15, -0.1) is 0 Å². The van der Waals surface area contributed by atoms with Gasteiger partial charge in [-0.05, 0) is 51.8 Å². The van der Waals surface area contributed by atoms with Gasteiger partial charge in [0.15, 0.2) is 0 Å². The number of hydrogen-bond donors (Lipinski definition) is 2. The summed E-state index contributed by atoms with van der Waals surface area (Å²) in [5.74, 6) is 0.686. The highest BCUT2D eigenvalue weighted by molar-refractivity contribution is 6.31. The molecule has 1 fully saturated rings. The van der Waals surface area contributed by atoms with Gasteiger partial charge in [0.25, 0.3) is 0 Å². The number of anilines is 1. The summed E-state index contributed by atoms with van der Waals surface area (Å²) in [4.78, 5) is 21.9. The van der Waals surface area contributed by atoms with Gasteiger partial charge in [0.2, 0.25) is 0 Å². The fourth-order valence-electron chi connectivity index (χ4n) is 3.17. The van der Waals surface area contributed by atoms with Gasteiger partial charge in [-0.1, -0.05) is 11.6 Å². The van der Waals surface area contributed by atoms with Crippen molar-refractivity contribution < 1.29 is 9.90 Å². The number of amides is 1. The number of carbonyl (C=O) groups is 1. The predicted molar refractivity (Wildman–Crippen MR) is 94.6 cm³/mol. The van der Waals surface area contributed by atoms with Crippen LogP contribution in [0.3, 0.4) is 0 Å². The van der Waals surface area contributed by atoms with Crippen LogP contribution < -0.4 is 5.32 Å².